The van der Waals surface area contributed by atoms with Crippen LogP contribution in [0, 0.1) is 52.4 Å². The molecule has 2 unspecified atom stereocenters. The van der Waals surface area contributed by atoms with Crippen LogP contribution in [0.15, 0.2) is 4.90 Å². The van der Waals surface area contributed by atoms with Crippen LogP contribution in [0.4, 0.5) is 39.5 Å². The number of rotatable bonds is 6. The maximum atomic E-state index is 14.7. The predicted molar refractivity (Wildman–Crippen MR) is 102 cm³/mol. The average molecular weight is 501 g/mol. The van der Waals surface area contributed by atoms with Gasteiger partial charge >= 0.3 is 0 Å². The number of thioether (sulfide) groups is 1. The van der Waals surface area contributed by atoms with Crippen molar-refractivity contribution in [2.75, 3.05) is 5.75 Å². The Morgan fingerprint density at radius 3 is 1.64 bits per heavy atom. The van der Waals surface area contributed by atoms with E-state index in [0.29, 0.717) is 12.8 Å². The lowest BCUT2D eigenvalue weighted by molar-refractivity contribution is -0.123. The lowest BCUT2D eigenvalue weighted by Gasteiger charge is -2.28. The average Bonchev–Trinajstić information content (AvgIpc) is 3.18. The maximum Gasteiger partial charge on any atom is 0.200 e. The Balaban J connectivity index is 2.11. The number of Topliss-reactive ketones (excluding diaryl/α,β-unsaturated/α-hetero) is 1. The number of hydrogen-bond acceptors (Lipinski definition) is 3. The summed E-state index contributed by atoms with van der Waals surface area (Å²) in [5.74, 6) is -22.5. The van der Waals surface area contributed by atoms with Crippen molar-refractivity contribution in [3.05, 3.63) is 52.4 Å². The Hall–Kier alpha value is -2.21. The van der Waals surface area contributed by atoms with E-state index < -0.39 is 73.9 Å². The number of carbonyl (C=O) groups excluding carboxylic acids is 1. The second-order valence-electron chi connectivity index (χ2n) is 7.64. The Morgan fingerprint density at radius 2 is 1.24 bits per heavy atom. The summed E-state index contributed by atoms with van der Waals surface area (Å²) in [5.41, 5.74) is -5.43. The highest BCUT2D eigenvalue weighted by Gasteiger charge is 2.43. The summed E-state index contributed by atoms with van der Waals surface area (Å²) in [7, 11) is 0. The molecule has 1 saturated heterocycles. The smallest absolute Gasteiger partial charge is 0.200 e. The molecule has 1 heterocycles. The summed E-state index contributed by atoms with van der Waals surface area (Å²) in [4.78, 5) is 11.2. The van der Waals surface area contributed by atoms with Gasteiger partial charge in [0.05, 0.1) is 21.6 Å². The third-order valence-electron chi connectivity index (χ3n) is 5.53. The van der Waals surface area contributed by atoms with Crippen molar-refractivity contribution in [1.82, 2.24) is 5.32 Å². The fourth-order valence-electron chi connectivity index (χ4n) is 3.81. The summed E-state index contributed by atoms with van der Waals surface area (Å²) in [6.07, 6.45) is 0.928. The molecule has 0 aromatic heterocycles. The number of nitrogens with one attached hydrogen (secondary N) is 1. The Bertz CT molecular complexity index is 1080. The molecule has 12 heteroatoms. The zero-order valence-electron chi connectivity index (χ0n) is 17.1. The molecular weight excluding hydrogens is 485 g/mol. The van der Waals surface area contributed by atoms with Crippen molar-refractivity contribution in [3.8, 4) is 11.1 Å². The first-order valence-corrected chi connectivity index (χ1v) is 10.7. The van der Waals surface area contributed by atoms with Gasteiger partial charge in [0.15, 0.2) is 52.3 Å². The third-order valence-corrected chi connectivity index (χ3v) is 6.81. The number of halogens is 9. The van der Waals surface area contributed by atoms with E-state index in [4.69, 9.17) is 0 Å². The van der Waals surface area contributed by atoms with E-state index in [1.165, 1.54) is 0 Å². The summed E-state index contributed by atoms with van der Waals surface area (Å²) >= 11 is 0.256. The first-order valence-electron chi connectivity index (χ1n) is 9.69. The fourth-order valence-corrected chi connectivity index (χ4v) is 5.02. The maximum absolute atomic E-state index is 14.7. The number of benzene rings is 2. The van der Waals surface area contributed by atoms with Crippen LogP contribution >= 0.6 is 11.8 Å². The van der Waals surface area contributed by atoms with Crippen molar-refractivity contribution in [2.45, 2.75) is 49.6 Å². The van der Waals surface area contributed by atoms with Gasteiger partial charge in [-0.05, 0) is 19.8 Å². The molecule has 1 N–H and O–H groups in total. The zero-order chi connectivity index (χ0) is 24.8. The number of hydrogen-bond donors (Lipinski definition) is 1. The van der Waals surface area contributed by atoms with Gasteiger partial charge in [-0.15, -0.1) is 11.8 Å². The van der Waals surface area contributed by atoms with E-state index in [2.05, 4.69) is 5.32 Å². The van der Waals surface area contributed by atoms with Crippen LogP contribution in [0.25, 0.3) is 11.1 Å². The molecule has 1 aliphatic rings. The molecule has 2 atom stereocenters. The summed E-state index contributed by atoms with van der Waals surface area (Å²) in [6.45, 7) is 3.34. The van der Waals surface area contributed by atoms with Gasteiger partial charge in [-0.1, -0.05) is 6.92 Å². The molecule has 1 fully saturated rings. The second kappa shape index (κ2) is 9.21. The highest BCUT2D eigenvalue weighted by atomic mass is 32.2. The molecule has 2 aromatic carbocycles. The quantitative estimate of drug-likeness (QED) is 0.222. The van der Waals surface area contributed by atoms with Gasteiger partial charge in [-0.2, -0.15) is 0 Å². The normalized spacial score (nSPS) is 20.5. The lowest BCUT2D eigenvalue weighted by atomic mass is 9.93. The van der Waals surface area contributed by atoms with Gasteiger partial charge in [0.1, 0.15) is 0 Å². The molecule has 0 spiro atoms. The van der Waals surface area contributed by atoms with Crippen LogP contribution in [0.3, 0.4) is 0 Å². The third kappa shape index (κ3) is 4.11. The topological polar surface area (TPSA) is 29.1 Å². The number of ketones is 1. The van der Waals surface area contributed by atoms with Gasteiger partial charge in [-0.25, -0.2) is 39.5 Å². The van der Waals surface area contributed by atoms with E-state index in [9.17, 15) is 44.3 Å². The van der Waals surface area contributed by atoms with Crippen molar-refractivity contribution >= 4 is 17.5 Å². The van der Waals surface area contributed by atoms with E-state index >= 15 is 0 Å². The van der Waals surface area contributed by atoms with Gasteiger partial charge in [-0.3, -0.25) is 4.79 Å². The highest BCUT2D eigenvalue weighted by Crippen LogP contribution is 2.41. The van der Waals surface area contributed by atoms with Crippen LogP contribution in [-0.2, 0) is 4.79 Å². The summed E-state index contributed by atoms with van der Waals surface area (Å²) < 4.78 is 127. The van der Waals surface area contributed by atoms with Gasteiger partial charge in [0.2, 0.25) is 5.82 Å². The highest BCUT2D eigenvalue weighted by molar-refractivity contribution is 7.99. The molecule has 1 aliphatic heterocycles. The molecule has 33 heavy (non-hydrogen) atoms. The standard InChI is InChI=1S/C21H16F9NOS/c1-3-8(32)21(5-4-7(2)31-21)6-33-20-18(29)13(24)10(14(25)19(20)30)9-11(22)15(26)17(28)16(27)12(9)23/h7,31H,3-6H2,1-2H3. The summed E-state index contributed by atoms with van der Waals surface area (Å²) in [6, 6.07) is -0.110. The van der Waals surface area contributed by atoms with Crippen molar-refractivity contribution in [1.29, 1.82) is 0 Å². The first-order chi connectivity index (χ1) is 15.4. The van der Waals surface area contributed by atoms with E-state index in [1.807, 2.05) is 0 Å². The SMILES string of the molecule is CCC(=O)C1(CSc2c(F)c(F)c(-c3c(F)c(F)c(F)c(F)c3F)c(F)c2F)CCC(C)N1. The molecule has 0 saturated carbocycles. The fraction of sp³-hybridized carbons (Fsp3) is 0.381. The minimum Gasteiger partial charge on any atom is -0.302 e. The first kappa shape index (κ1) is 25.4. The van der Waals surface area contributed by atoms with Gasteiger partial charge in [0, 0.05) is 18.2 Å². The number of carbonyl (C=O) groups is 1. The van der Waals surface area contributed by atoms with Crippen LogP contribution in [0.2, 0.25) is 0 Å². The molecule has 0 bridgehead atoms. The Labute approximate surface area is 186 Å². The van der Waals surface area contributed by atoms with E-state index in [0.717, 1.165) is 0 Å². The van der Waals surface area contributed by atoms with E-state index in [-0.39, 0.29) is 35.8 Å². The molecule has 3 rings (SSSR count). The lowest BCUT2D eigenvalue weighted by Crippen LogP contribution is -2.51. The van der Waals surface area contributed by atoms with Gasteiger partial charge < -0.3 is 5.32 Å². The molecule has 0 aliphatic carbocycles. The van der Waals surface area contributed by atoms with Crippen LogP contribution < -0.4 is 5.32 Å². The predicted octanol–water partition coefficient (Wildman–Crippen LogP) is 6.19. The molecular formula is C21H16F9NOS. The monoisotopic (exact) mass is 501 g/mol. The van der Waals surface area contributed by atoms with Crippen molar-refractivity contribution < 1.29 is 44.3 Å². The van der Waals surface area contributed by atoms with Crippen LogP contribution in [-0.4, -0.2) is 23.1 Å². The molecule has 180 valence electrons. The van der Waals surface area contributed by atoms with Gasteiger partial charge in [0.25, 0.3) is 0 Å². The Morgan fingerprint density at radius 1 is 0.818 bits per heavy atom. The summed E-state index contributed by atoms with van der Waals surface area (Å²) in [5, 5.41) is 3.01. The van der Waals surface area contributed by atoms with Crippen LogP contribution in [0.1, 0.15) is 33.1 Å². The molecule has 0 radical (unpaired) electrons. The largest absolute Gasteiger partial charge is 0.302 e. The zero-order valence-corrected chi connectivity index (χ0v) is 17.9. The minimum atomic E-state index is -2.62. The molecule has 2 aromatic rings. The second-order valence-corrected chi connectivity index (χ2v) is 8.62. The minimum absolute atomic E-state index is 0.0765. The molecule has 0 amide bonds. The Kier molecular flexibility index (Phi) is 7.09. The van der Waals surface area contributed by atoms with Crippen LogP contribution in [0.5, 0.6) is 0 Å². The molecule has 2 nitrogen and oxygen atoms in total. The van der Waals surface area contributed by atoms with E-state index in [1.54, 1.807) is 13.8 Å². The van der Waals surface area contributed by atoms with Crippen molar-refractivity contribution in [2.24, 2.45) is 0 Å². The van der Waals surface area contributed by atoms with Crippen molar-refractivity contribution in [3.63, 3.8) is 0 Å².